The molecule has 1 saturated heterocycles. The van der Waals surface area contributed by atoms with Gasteiger partial charge in [0.05, 0.1) is 12.1 Å². The molecule has 0 aromatic carbocycles. The Balaban J connectivity index is 2.47. The maximum absolute atomic E-state index is 9.32. The molecule has 5 nitrogen and oxygen atoms in total. The molecule has 0 aromatic rings. The highest BCUT2D eigenvalue weighted by Gasteiger charge is 2.34. The molecule has 0 bridgehead atoms. The molecule has 0 spiro atoms. The van der Waals surface area contributed by atoms with Gasteiger partial charge in [-0.1, -0.05) is 0 Å². The minimum Gasteiger partial charge on any atom is -0.390 e. The van der Waals surface area contributed by atoms with Crippen molar-refractivity contribution in [3.05, 3.63) is 0 Å². The summed E-state index contributed by atoms with van der Waals surface area (Å²) in [6.07, 6.45) is -0.585. The lowest BCUT2D eigenvalue weighted by molar-refractivity contribution is 0.136. The minimum atomic E-state index is -0.585. The molecule has 1 aliphatic heterocycles. The Kier molecular flexibility index (Phi) is 2.80. The van der Waals surface area contributed by atoms with E-state index in [0.29, 0.717) is 6.54 Å². The van der Waals surface area contributed by atoms with E-state index in [1.54, 1.807) is 0 Å². The van der Waals surface area contributed by atoms with E-state index in [-0.39, 0.29) is 24.7 Å². The normalized spacial score (nSPS) is 40.9. The first-order valence-corrected chi connectivity index (χ1v) is 3.79. The van der Waals surface area contributed by atoms with Gasteiger partial charge in [0.2, 0.25) is 0 Å². The number of hydrogen-bond donors (Lipinski definition) is 5. The molecule has 0 saturated carbocycles. The van der Waals surface area contributed by atoms with Crippen LogP contribution in [0.1, 0.15) is 0 Å². The highest BCUT2D eigenvalue weighted by Crippen LogP contribution is 2.06. The molecule has 4 atom stereocenters. The molecule has 1 fully saturated rings. The van der Waals surface area contributed by atoms with E-state index >= 15 is 0 Å². The Morgan fingerprint density at radius 1 is 1.55 bits per heavy atom. The van der Waals surface area contributed by atoms with Crippen LogP contribution in [0, 0.1) is 0 Å². The van der Waals surface area contributed by atoms with E-state index < -0.39 is 6.10 Å². The third-order valence-corrected chi connectivity index (χ3v) is 2.15. The molecular weight excluding hydrogens is 144 g/mol. The molecule has 8 N–H and O–H groups in total. The van der Waals surface area contributed by atoms with Crippen LogP contribution >= 0.6 is 0 Å². The number of aliphatic hydroxyl groups excluding tert-OH is 1. The Labute approximate surface area is 65.9 Å². The Morgan fingerprint density at radius 2 is 2.18 bits per heavy atom. The molecule has 66 valence electrons. The van der Waals surface area contributed by atoms with Crippen LogP contribution in [-0.2, 0) is 0 Å². The lowest BCUT2D eigenvalue weighted by Crippen LogP contribution is -2.52. The maximum atomic E-state index is 9.32. The van der Waals surface area contributed by atoms with Crippen molar-refractivity contribution in [3.63, 3.8) is 0 Å². The van der Waals surface area contributed by atoms with Crippen molar-refractivity contribution in [2.24, 2.45) is 17.2 Å². The third kappa shape index (κ3) is 1.69. The van der Waals surface area contributed by atoms with Gasteiger partial charge in [-0.05, 0) is 0 Å². The van der Waals surface area contributed by atoms with Crippen LogP contribution in [0.25, 0.3) is 0 Å². The number of rotatable bonds is 2. The summed E-state index contributed by atoms with van der Waals surface area (Å²) in [5.74, 6) is 0. The van der Waals surface area contributed by atoms with Crippen molar-refractivity contribution in [2.45, 2.75) is 24.2 Å². The maximum Gasteiger partial charge on any atom is 0.0830 e. The number of hydrogen-bond acceptors (Lipinski definition) is 5. The van der Waals surface area contributed by atoms with Crippen molar-refractivity contribution in [1.29, 1.82) is 0 Å². The van der Waals surface area contributed by atoms with Crippen LogP contribution in [0.3, 0.4) is 0 Å². The lowest BCUT2D eigenvalue weighted by Gasteiger charge is -2.21. The fourth-order valence-corrected chi connectivity index (χ4v) is 1.35. The van der Waals surface area contributed by atoms with Crippen LogP contribution < -0.4 is 22.5 Å². The van der Waals surface area contributed by atoms with Gasteiger partial charge in [0.1, 0.15) is 0 Å². The van der Waals surface area contributed by atoms with Crippen LogP contribution in [0.4, 0.5) is 0 Å². The molecule has 0 aromatic heterocycles. The monoisotopic (exact) mass is 160 g/mol. The Bertz CT molecular complexity index is 132. The van der Waals surface area contributed by atoms with E-state index in [0.717, 1.165) is 0 Å². The zero-order valence-corrected chi connectivity index (χ0v) is 6.40. The zero-order chi connectivity index (χ0) is 8.43. The summed E-state index contributed by atoms with van der Waals surface area (Å²) in [5, 5.41) is 12.3. The second kappa shape index (κ2) is 3.46. The molecule has 0 amide bonds. The summed E-state index contributed by atoms with van der Waals surface area (Å²) >= 11 is 0. The smallest absolute Gasteiger partial charge is 0.0830 e. The predicted octanol–water partition coefficient (Wildman–Crippen LogP) is -3.07. The summed E-state index contributed by atoms with van der Waals surface area (Å²) in [6.45, 7) is 0.876. The molecule has 11 heavy (non-hydrogen) atoms. The van der Waals surface area contributed by atoms with Gasteiger partial charge in [-0.3, -0.25) is 0 Å². The molecular formula is C6H16N4O. The van der Waals surface area contributed by atoms with Gasteiger partial charge in [0.25, 0.3) is 0 Å². The summed E-state index contributed by atoms with van der Waals surface area (Å²) in [4.78, 5) is 0. The van der Waals surface area contributed by atoms with Crippen LogP contribution in [0.15, 0.2) is 0 Å². The van der Waals surface area contributed by atoms with Gasteiger partial charge >= 0.3 is 0 Å². The van der Waals surface area contributed by atoms with Crippen LogP contribution in [0.2, 0.25) is 0 Å². The average molecular weight is 160 g/mol. The quantitative estimate of drug-likeness (QED) is 0.294. The number of nitrogens with two attached hydrogens (primary N) is 3. The summed E-state index contributed by atoms with van der Waals surface area (Å²) in [7, 11) is 0. The van der Waals surface area contributed by atoms with Crippen LogP contribution in [-0.4, -0.2) is 42.4 Å². The Morgan fingerprint density at radius 3 is 2.55 bits per heavy atom. The van der Waals surface area contributed by atoms with Gasteiger partial charge in [-0.15, -0.1) is 0 Å². The standard InChI is InChI=1S/C6H16N4O/c7-1-4(11)6-5(9)3(8)2-10-6/h3-6,10-11H,1-2,7-9H2/t3-,4+,5+,6+/m0/s1. The van der Waals surface area contributed by atoms with Crippen molar-refractivity contribution in [1.82, 2.24) is 5.32 Å². The third-order valence-electron chi connectivity index (χ3n) is 2.15. The first kappa shape index (κ1) is 8.89. The van der Waals surface area contributed by atoms with Gasteiger partial charge in [0.15, 0.2) is 0 Å². The first-order valence-electron chi connectivity index (χ1n) is 3.79. The highest BCUT2D eigenvalue weighted by atomic mass is 16.3. The SMILES string of the molecule is NC[C@@H](O)[C@H]1NC[C@H](N)[C@H]1N. The molecule has 1 heterocycles. The van der Waals surface area contributed by atoms with E-state index in [9.17, 15) is 5.11 Å². The topological polar surface area (TPSA) is 110 Å². The second-order valence-electron chi connectivity index (χ2n) is 2.98. The van der Waals surface area contributed by atoms with Gasteiger partial charge in [-0.25, -0.2) is 0 Å². The minimum absolute atomic E-state index is 0.0683. The Hall–Kier alpha value is -0.200. The molecule has 1 rings (SSSR count). The van der Waals surface area contributed by atoms with Gasteiger partial charge < -0.3 is 27.6 Å². The fourth-order valence-electron chi connectivity index (χ4n) is 1.35. The van der Waals surface area contributed by atoms with Crippen molar-refractivity contribution >= 4 is 0 Å². The first-order chi connectivity index (χ1) is 5.16. The molecule has 0 unspecified atom stereocenters. The van der Waals surface area contributed by atoms with E-state index in [1.165, 1.54) is 0 Å². The largest absolute Gasteiger partial charge is 0.390 e. The van der Waals surface area contributed by atoms with Gasteiger partial charge in [0, 0.05) is 25.2 Å². The number of nitrogens with one attached hydrogen (secondary N) is 1. The molecule has 1 aliphatic rings. The lowest BCUT2D eigenvalue weighted by atomic mass is 10.0. The predicted molar refractivity (Wildman–Crippen MR) is 42.8 cm³/mol. The second-order valence-corrected chi connectivity index (χ2v) is 2.98. The van der Waals surface area contributed by atoms with Crippen molar-refractivity contribution in [3.8, 4) is 0 Å². The van der Waals surface area contributed by atoms with Gasteiger partial charge in [-0.2, -0.15) is 0 Å². The summed E-state index contributed by atoms with van der Waals surface area (Å²) in [6, 6.07) is -0.398. The molecule has 0 aliphatic carbocycles. The zero-order valence-electron chi connectivity index (χ0n) is 6.40. The highest BCUT2D eigenvalue weighted by molar-refractivity contribution is 4.99. The molecule has 5 heteroatoms. The average Bonchev–Trinajstić information content (AvgIpc) is 2.32. The van der Waals surface area contributed by atoms with Crippen molar-refractivity contribution < 1.29 is 5.11 Å². The van der Waals surface area contributed by atoms with E-state index in [2.05, 4.69) is 5.32 Å². The van der Waals surface area contributed by atoms with E-state index in [1.807, 2.05) is 0 Å². The molecule has 0 radical (unpaired) electrons. The van der Waals surface area contributed by atoms with E-state index in [4.69, 9.17) is 17.2 Å². The number of aliphatic hydroxyl groups is 1. The fraction of sp³-hybridized carbons (Fsp3) is 1.00. The summed E-state index contributed by atoms with van der Waals surface area (Å²) < 4.78 is 0. The summed E-state index contributed by atoms with van der Waals surface area (Å²) in [5.41, 5.74) is 16.6. The van der Waals surface area contributed by atoms with Crippen molar-refractivity contribution in [2.75, 3.05) is 13.1 Å². The van der Waals surface area contributed by atoms with Crippen LogP contribution in [0.5, 0.6) is 0 Å².